The first-order chi connectivity index (χ1) is 13.4. The Bertz CT molecular complexity index is 1100. The topological polar surface area (TPSA) is 114 Å². The Morgan fingerprint density at radius 3 is 2.68 bits per heavy atom. The van der Waals surface area contributed by atoms with Gasteiger partial charge in [-0.25, -0.2) is 0 Å². The van der Waals surface area contributed by atoms with Crippen molar-refractivity contribution in [3.8, 4) is 11.5 Å². The van der Waals surface area contributed by atoms with Gasteiger partial charge in [-0.3, -0.25) is 20.2 Å². The van der Waals surface area contributed by atoms with E-state index in [9.17, 15) is 20.0 Å². The van der Waals surface area contributed by atoms with E-state index in [1.165, 1.54) is 19.2 Å². The van der Waals surface area contributed by atoms with Gasteiger partial charge in [0.2, 0.25) is 0 Å². The molecule has 8 nitrogen and oxygen atoms in total. The number of carbonyl (C=O) groups excluding carboxylic acids is 1. The summed E-state index contributed by atoms with van der Waals surface area (Å²) in [6, 6.07) is 14.1. The van der Waals surface area contributed by atoms with Gasteiger partial charge in [-0.15, -0.1) is 0 Å². The molecule has 28 heavy (non-hydrogen) atoms. The molecule has 0 aliphatic heterocycles. The van der Waals surface area contributed by atoms with Crippen LogP contribution in [0.25, 0.3) is 10.8 Å². The molecule has 142 valence electrons. The van der Waals surface area contributed by atoms with Gasteiger partial charge in [0.1, 0.15) is 5.75 Å². The number of fused-ring (bicyclic) bond motifs is 1. The highest BCUT2D eigenvalue weighted by atomic mass is 32.1. The van der Waals surface area contributed by atoms with Crippen LogP contribution in [-0.4, -0.2) is 28.2 Å². The molecule has 0 fully saturated rings. The lowest BCUT2D eigenvalue weighted by Crippen LogP contribution is -2.34. The minimum atomic E-state index is -0.627. The fourth-order valence-corrected chi connectivity index (χ4v) is 2.89. The smallest absolute Gasteiger partial charge is 0.311 e. The Morgan fingerprint density at radius 1 is 1.18 bits per heavy atom. The lowest BCUT2D eigenvalue weighted by molar-refractivity contribution is -0.385. The van der Waals surface area contributed by atoms with Crippen LogP contribution in [0.15, 0.2) is 54.6 Å². The van der Waals surface area contributed by atoms with Gasteiger partial charge in [0, 0.05) is 22.7 Å². The molecular formula is C19H15N3O5S. The molecule has 0 bridgehead atoms. The fourth-order valence-electron chi connectivity index (χ4n) is 2.68. The van der Waals surface area contributed by atoms with Gasteiger partial charge in [0.25, 0.3) is 5.91 Å². The SMILES string of the molecule is COc1ccc(C(=O)NC(=S)Nc2cccc3cc(O)ccc23)cc1[N+](=O)[O-]. The molecule has 0 aromatic heterocycles. The van der Waals surface area contributed by atoms with E-state index in [0.29, 0.717) is 5.69 Å². The molecule has 3 rings (SSSR count). The standard InChI is InChI=1S/C19H15N3O5S/c1-27-17-8-5-12(10-16(17)22(25)26)18(24)21-19(28)20-15-4-2-3-11-9-13(23)6-7-14(11)15/h2-10,23H,1H3,(H2,20,21,24,28). The number of hydrogen-bond acceptors (Lipinski definition) is 6. The second kappa shape index (κ2) is 7.89. The number of rotatable bonds is 4. The van der Waals surface area contributed by atoms with E-state index in [1.807, 2.05) is 6.07 Å². The number of anilines is 1. The lowest BCUT2D eigenvalue weighted by atomic mass is 10.1. The maximum absolute atomic E-state index is 12.4. The van der Waals surface area contributed by atoms with Crippen molar-refractivity contribution in [2.45, 2.75) is 0 Å². The summed E-state index contributed by atoms with van der Waals surface area (Å²) < 4.78 is 4.92. The quantitative estimate of drug-likeness (QED) is 0.350. The molecule has 0 aliphatic rings. The number of nitrogens with one attached hydrogen (secondary N) is 2. The molecular weight excluding hydrogens is 382 g/mol. The van der Waals surface area contributed by atoms with Crippen molar-refractivity contribution < 1.29 is 19.6 Å². The van der Waals surface area contributed by atoms with Gasteiger partial charge in [-0.05, 0) is 54.0 Å². The highest BCUT2D eigenvalue weighted by Crippen LogP contribution is 2.28. The second-order valence-electron chi connectivity index (χ2n) is 5.76. The van der Waals surface area contributed by atoms with Crippen LogP contribution in [0.3, 0.4) is 0 Å². The average Bonchev–Trinajstić information content (AvgIpc) is 2.67. The van der Waals surface area contributed by atoms with E-state index in [2.05, 4.69) is 10.6 Å². The summed E-state index contributed by atoms with van der Waals surface area (Å²) in [7, 11) is 1.31. The van der Waals surface area contributed by atoms with Crippen molar-refractivity contribution >= 4 is 45.4 Å². The number of phenols is 1. The highest BCUT2D eigenvalue weighted by Gasteiger charge is 2.18. The van der Waals surface area contributed by atoms with E-state index in [0.717, 1.165) is 16.8 Å². The molecule has 0 radical (unpaired) electrons. The number of amides is 1. The molecule has 3 aromatic rings. The predicted octanol–water partition coefficient (Wildman–Crippen LogP) is 3.59. The first-order valence-electron chi connectivity index (χ1n) is 8.05. The number of carbonyl (C=O) groups is 1. The van der Waals surface area contributed by atoms with Crippen LogP contribution in [0.5, 0.6) is 11.5 Å². The number of thiocarbonyl (C=S) groups is 1. The number of benzene rings is 3. The summed E-state index contributed by atoms with van der Waals surface area (Å²) in [5, 5.41) is 27.7. The molecule has 0 saturated carbocycles. The van der Waals surface area contributed by atoms with Crippen LogP contribution in [0.2, 0.25) is 0 Å². The zero-order valence-electron chi connectivity index (χ0n) is 14.6. The Hall–Kier alpha value is -3.72. The number of hydrogen-bond donors (Lipinski definition) is 3. The van der Waals surface area contributed by atoms with Crippen LogP contribution in [0, 0.1) is 10.1 Å². The predicted molar refractivity (Wildman–Crippen MR) is 109 cm³/mol. The van der Waals surface area contributed by atoms with E-state index >= 15 is 0 Å². The zero-order valence-corrected chi connectivity index (χ0v) is 15.4. The second-order valence-corrected chi connectivity index (χ2v) is 6.17. The maximum Gasteiger partial charge on any atom is 0.311 e. The third kappa shape index (κ3) is 3.99. The van der Waals surface area contributed by atoms with E-state index in [-0.39, 0.29) is 27.9 Å². The molecule has 3 aromatic carbocycles. The molecule has 0 heterocycles. The summed E-state index contributed by atoms with van der Waals surface area (Å²) >= 11 is 5.18. The minimum Gasteiger partial charge on any atom is -0.508 e. The van der Waals surface area contributed by atoms with Gasteiger partial charge in [-0.1, -0.05) is 12.1 Å². The largest absolute Gasteiger partial charge is 0.508 e. The molecule has 0 aliphatic carbocycles. The number of nitrogens with zero attached hydrogens (tertiary/aromatic N) is 1. The summed E-state index contributed by atoms with van der Waals surface area (Å²) in [6.45, 7) is 0. The Morgan fingerprint density at radius 2 is 1.96 bits per heavy atom. The number of nitro benzene ring substituents is 1. The van der Waals surface area contributed by atoms with Crippen LogP contribution in [0.4, 0.5) is 11.4 Å². The molecule has 0 unspecified atom stereocenters. The van der Waals surface area contributed by atoms with Crippen molar-refractivity contribution in [1.82, 2.24) is 5.32 Å². The highest BCUT2D eigenvalue weighted by molar-refractivity contribution is 7.80. The lowest BCUT2D eigenvalue weighted by Gasteiger charge is -2.12. The van der Waals surface area contributed by atoms with Gasteiger partial charge in [0.05, 0.1) is 12.0 Å². The summed E-state index contributed by atoms with van der Waals surface area (Å²) in [5.41, 5.74) is 0.394. The van der Waals surface area contributed by atoms with Gasteiger partial charge in [-0.2, -0.15) is 0 Å². The number of methoxy groups -OCH3 is 1. The Kier molecular flexibility index (Phi) is 5.37. The van der Waals surface area contributed by atoms with Crippen LogP contribution in [-0.2, 0) is 0 Å². The third-order valence-corrected chi connectivity index (χ3v) is 4.18. The number of ether oxygens (including phenoxy) is 1. The van der Waals surface area contributed by atoms with E-state index in [1.54, 1.807) is 30.3 Å². The summed E-state index contributed by atoms with van der Waals surface area (Å²) in [6.07, 6.45) is 0. The van der Waals surface area contributed by atoms with Gasteiger partial charge < -0.3 is 15.2 Å². The van der Waals surface area contributed by atoms with Gasteiger partial charge in [0.15, 0.2) is 10.9 Å². The first-order valence-corrected chi connectivity index (χ1v) is 8.46. The number of phenolic OH excluding ortho intramolecular Hbond substituents is 1. The normalized spacial score (nSPS) is 10.3. The molecule has 3 N–H and O–H groups in total. The van der Waals surface area contributed by atoms with Crippen molar-refractivity contribution in [2.24, 2.45) is 0 Å². The summed E-state index contributed by atoms with van der Waals surface area (Å²) in [4.78, 5) is 22.9. The Balaban J connectivity index is 1.78. The molecule has 0 spiro atoms. The van der Waals surface area contributed by atoms with Crippen molar-refractivity contribution in [3.63, 3.8) is 0 Å². The minimum absolute atomic E-state index is 0.0315. The van der Waals surface area contributed by atoms with Crippen molar-refractivity contribution in [2.75, 3.05) is 12.4 Å². The first kappa shape index (κ1) is 19.1. The maximum atomic E-state index is 12.4. The third-order valence-electron chi connectivity index (χ3n) is 3.98. The van der Waals surface area contributed by atoms with Crippen LogP contribution >= 0.6 is 12.2 Å². The average molecular weight is 397 g/mol. The molecule has 0 saturated heterocycles. The number of aromatic hydroxyl groups is 1. The van der Waals surface area contributed by atoms with Crippen molar-refractivity contribution in [1.29, 1.82) is 0 Å². The molecule has 0 atom stereocenters. The summed E-state index contributed by atoms with van der Waals surface area (Å²) in [5.74, 6) is -0.399. The van der Waals surface area contributed by atoms with Gasteiger partial charge >= 0.3 is 5.69 Å². The van der Waals surface area contributed by atoms with Crippen LogP contribution < -0.4 is 15.4 Å². The fraction of sp³-hybridized carbons (Fsp3) is 0.0526. The van der Waals surface area contributed by atoms with Crippen molar-refractivity contribution in [3.05, 3.63) is 70.3 Å². The molecule has 1 amide bonds. The zero-order chi connectivity index (χ0) is 20.3. The number of nitro groups is 1. The monoisotopic (exact) mass is 397 g/mol. The van der Waals surface area contributed by atoms with E-state index in [4.69, 9.17) is 17.0 Å². The molecule has 9 heteroatoms. The van der Waals surface area contributed by atoms with Crippen LogP contribution in [0.1, 0.15) is 10.4 Å². The van der Waals surface area contributed by atoms with E-state index < -0.39 is 10.8 Å². The Labute approximate surface area is 164 Å².